The molecule has 0 amide bonds. The summed E-state index contributed by atoms with van der Waals surface area (Å²) in [5.41, 5.74) is 0.139. The van der Waals surface area contributed by atoms with E-state index in [-0.39, 0.29) is 5.56 Å². The first-order valence-corrected chi connectivity index (χ1v) is 3.64. The molecule has 0 saturated heterocycles. The Balaban J connectivity index is 2.55. The molecule has 54 valence electrons. The number of fused-ring (bicyclic) bond motifs is 1. The zero-order chi connectivity index (χ0) is 6.97. The zero-order valence-corrected chi connectivity index (χ0v) is 5.79. The Morgan fingerprint density at radius 2 is 2.10 bits per heavy atom. The quantitative estimate of drug-likeness (QED) is 0.511. The second-order valence-electron chi connectivity index (χ2n) is 2.65. The highest BCUT2D eigenvalue weighted by atomic mass is 16.1. The van der Waals surface area contributed by atoms with Crippen LogP contribution in [0, 0.1) is 0 Å². The number of aromatic nitrogens is 2. The average Bonchev–Trinajstić information content (AvgIpc) is 2.34. The summed E-state index contributed by atoms with van der Waals surface area (Å²) >= 11 is 0. The molecule has 3 nitrogen and oxygen atoms in total. The minimum Gasteiger partial charge on any atom is -0.290 e. The third kappa shape index (κ3) is 0.701. The van der Waals surface area contributed by atoms with E-state index in [0.29, 0.717) is 0 Å². The van der Waals surface area contributed by atoms with Crippen molar-refractivity contribution in [2.45, 2.75) is 25.9 Å². The van der Waals surface area contributed by atoms with Crippen LogP contribution in [0.5, 0.6) is 0 Å². The van der Waals surface area contributed by atoms with Crippen LogP contribution in [0.3, 0.4) is 0 Å². The van der Waals surface area contributed by atoms with Crippen LogP contribution in [0.2, 0.25) is 0 Å². The summed E-state index contributed by atoms with van der Waals surface area (Å²) in [6, 6.07) is 1.63. The van der Waals surface area contributed by atoms with Crippen LogP contribution in [0.1, 0.15) is 12.8 Å². The van der Waals surface area contributed by atoms with Gasteiger partial charge in [-0.1, -0.05) is 0 Å². The summed E-state index contributed by atoms with van der Waals surface area (Å²) in [6.07, 6.45) is 4.21. The number of hydrogen-bond donors (Lipinski definition) is 0. The summed E-state index contributed by atoms with van der Waals surface area (Å²) in [7, 11) is 0. The van der Waals surface area contributed by atoms with E-state index < -0.39 is 0 Å². The van der Waals surface area contributed by atoms with Gasteiger partial charge in [-0.05, 0) is 12.8 Å². The fourth-order valence-corrected chi connectivity index (χ4v) is 1.41. The Hall–Kier alpha value is -0.990. The van der Waals surface area contributed by atoms with Crippen LogP contribution < -0.4 is 5.56 Å². The molecule has 1 aliphatic rings. The first-order valence-electron chi connectivity index (χ1n) is 3.64. The lowest BCUT2D eigenvalue weighted by atomic mass is 10.3. The van der Waals surface area contributed by atoms with Crippen LogP contribution in [0.15, 0.2) is 17.1 Å². The van der Waals surface area contributed by atoms with Crippen LogP contribution in [0.4, 0.5) is 0 Å². The predicted octanol–water partition coefficient (Wildman–Crippen LogP) is 0.444. The van der Waals surface area contributed by atoms with Crippen molar-refractivity contribution in [3.8, 4) is 0 Å². The van der Waals surface area contributed by atoms with Gasteiger partial charge in [-0.3, -0.25) is 14.2 Å². The van der Waals surface area contributed by atoms with Crippen molar-refractivity contribution in [3.63, 3.8) is 0 Å². The van der Waals surface area contributed by atoms with Gasteiger partial charge in [0.1, 0.15) is 0 Å². The van der Waals surface area contributed by atoms with Crippen LogP contribution in [-0.4, -0.2) is 9.36 Å². The molecule has 0 spiro atoms. The number of hydrogen-bond acceptors (Lipinski definition) is 1. The van der Waals surface area contributed by atoms with Crippen molar-refractivity contribution in [2.75, 3.05) is 0 Å². The summed E-state index contributed by atoms with van der Waals surface area (Å²) < 4.78 is 3.79. The molecule has 0 aliphatic carbocycles. The molecule has 0 aromatic carbocycles. The van der Waals surface area contributed by atoms with Crippen molar-refractivity contribution >= 4 is 0 Å². The first-order chi connectivity index (χ1) is 4.88. The fraction of sp³-hybridized carbons (Fsp3) is 0.571. The molecule has 1 aromatic rings. The van der Waals surface area contributed by atoms with Gasteiger partial charge in [0.05, 0.1) is 0 Å². The maximum Gasteiger partial charge on any atom is 0.266 e. The topological polar surface area (TPSA) is 26.9 Å². The lowest BCUT2D eigenvalue weighted by Crippen LogP contribution is -2.26. The van der Waals surface area contributed by atoms with Gasteiger partial charge in [-0.15, -0.1) is 0 Å². The third-order valence-corrected chi connectivity index (χ3v) is 1.96. The molecule has 2 heterocycles. The highest BCUT2D eigenvalue weighted by Gasteiger charge is 2.06. The molecular formula is C7H10N2O. The fourth-order valence-electron chi connectivity index (χ4n) is 1.41. The molecule has 1 aromatic heterocycles. The zero-order valence-electron chi connectivity index (χ0n) is 5.79. The highest BCUT2D eigenvalue weighted by molar-refractivity contribution is 4.85. The van der Waals surface area contributed by atoms with Gasteiger partial charge < -0.3 is 0 Å². The lowest BCUT2D eigenvalue weighted by molar-refractivity contribution is 0.355. The smallest absolute Gasteiger partial charge is 0.266 e. The normalized spacial score (nSPS) is 16.8. The van der Waals surface area contributed by atoms with Crippen LogP contribution in [-0.2, 0) is 13.1 Å². The molecule has 0 unspecified atom stereocenters. The van der Waals surface area contributed by atoms with Gasteiger partial charge in [0.15, 0.2) is 0 Å². The molecule has 0 N–H and O–H groups in total. The van der Waals surface area contributed by atoms with Crippen molar-refractivity contribution in [2.24, 2.45) is 0 Å². The average molecular weight is 138 g/mol. The van der Waals surface area contributed by atoms with E-state index in [1.807, 2.05) is 10.9 Å². The summed E-state index contributed by atoms with van der Waals surface area (Å²) in [4.78, 5) is 11.0. The largest absolute Gasteiger partial charge is 0.290 e. The van der Waals surface area contributed by atoms with E-state index in [9.17, 15) is 4.79 Å². The lowest BCUT2D eigenvalue weighted by Gasteiger charge is -2.16. The van der Waals surface area contributed by atoms with Gasteiger partial charge in [0.2, 0.25) is 0 Å². The highest BCUT2D eigenvalue weighted by Crippen LogP contribution is 2.03. The van der Waals surface area contributed by atoms with Crippen molar-refractivity contribution in [3.05, 3.63) is 22.6 Å². The Labute approximate surface area is 58.9 Å². The van der Waals surface area contributed by atoms with Gasteiger partial charge in [0, 0.05) is 25.4 Å². The second kappa shape index (κ2) is 2.01. The molecule has 0 saturated carbocycles. The Kier molecular flexibility index (Phi) is 1.16. The van der Waals surface area contributed by atoms with Crippen LogP contribution in [0.25, 0.3) is 0 Å². The molecule has 0 fully saturated rings. The van der Waals surface area contributed by atoms with E-state index in [0.717, 1.165) is 19.5 Å². The summed E-state index contributed by atoms with van der Waals surface area (Å²) in [5, 5.41) is 0. The first kappa shape index (κ1) is 5.77. The molecule has 1 aliphatic heterocycles. The van der Waals surface area contributed by atoms with Crippen molar-refractivity contribution < 1.29 is 0 Å². The summed E-state index contributed by atoms with van der Waals surface area (Å²) in [6.45, 7) is 1.90. The van der Waals surface area contributed by atoms with Gasteiger partial charge in [-0.2, -0.15) is 0 Å². The SMILES string of the molecule is O=c1ccn2n1CCCC2. The Bertz CT molecular complexity index is 284. The molecule has 0 radical (unpaired) electrons. The van der Waals surface area contributed by atoms with E-state index in [4.69, 9.17) is 0 Å². The van der Waals surface area contributed by atoms with Gasteiger partial charge >= 0.3 is 0 Å². The van der Waals surface area contributed by atoms with Crippen molar-refractivity contribution in [1.82, 2.24) is 9.36 Å². The monoisotopic (exact) mass is 138 g/mol. The standard InChI is InChI=1S/C7H10N2O/c10-7-3-6-8-4-1-2-5-9(7)8/h3,6H,1-2,4-5H2. The Morgan fingerprint density at radius 1 is 1.30 bits per heavy atom. The molecule has 2 rings (SSSR count). The second-order valence-corrected chi connectivity index (χ2v) is 2.65. The number of nitrogens with zero attached hydrogens (tertiary/aromatic N) is 2. The maximum absolute atomic E-state index is 11.0. The van der Waals surface area contributed by atoms with E-state index in [1.165, 1.54) is 6.42 Å². The van der Waals surface area contributed by atoms with Gasteiger partial charge in [-0.25, -0.2) is 0 Å². The molecule has 3 heteroatoms. The number of rotatable bonds is 0. The van der Waals surface area contributed by atoms with Crippen molar-refractivity contribution in [1.29, 1.82) is 0 Å². The maximum atomic E-state index is 11.0. The number of aryl methyl sites for hydroxylation is 1. The summed E-state index contributed by atoms with van der Waals surface area (Å²) in [5.74, 6) is 0. The van der Waals surface area contributed by atoms with Crippen LogP contribution >= 0.6 is 0 Å². The Morgan fingerprint density at radius 3 is 2.90 bits per heavy atom. The minimum atomic E-state index is 0.139. The third-order valence-electron chi connectivity index (χ3n) is 1.96. The van der Waals surface area contributed by atoms with Gasteiger partial charge in [0.25, 0.3) is 5.56 Å². The predicted molar refractivity (Wildman–Crippen MR) is 37.9 cm³/mol. The van der Waals surface area contributed by atoms with E-state index in [1.54, 1.807) is 10.7 Å². The minimum absolute atomic E-state index is 0.139. The van der Waals surface area contributed by atoms with E-state index in [2.05, 4.69) is 0 Å². The molecule has 0 atom stereocenters. The molecular weight excluding hydrogens is 128 g/mol. The van der Waals surface area contributed by atoms with E-state index >= 15 is 0 Å². The molecule has 10 heavy (non-hydrogen) atoms. The molecule has 0 bridgehead atoms.